The quantitative estimate of drug-likeness (QED) is 0.450. The van der Waals surface area contributed by atoms with Gasteiger partial charge in [0.25, 0.3) is 0 Å². The molecule has 2 aliphatic heterocycles. The maximum atomic E-state index is 11.5. The van der Waals surface area contributed by atoms with Crippen LogP contribution in [-0.2, 0) is 9.53 Å². The molecule has 2 heterocycles. The Morgan fingerprint density at radius 3 is 2.71 bits per heavy atom. The van der Waals surface area contributed by atoms with Gasteiger partial charge in [0.05, 0.1) is 13.2 Å². The molecule has 1 N–H and O–H groups in total. The van der Waals surface area contributed by atoms with E-state index in [4.69, 9.17) is 4.74 Å². The first-order valence-corrected chi connectivity index (χ1v) is 5.15. The van der Waals surface area contributed by atoms with Gasteiger partial charge >= 0.3 is 5.97 Å². The van der Waals surface area contributed by atoms with E-state index in [1.807, 2.05) is 6.08 Å². The van der Waals surface area contributed by atoms with E-state index in [1.54, 1.807) is 0 Å². The predicted molar refractivity (Wildman–Crippen MR) is 63.0 cm³/mol. The molecule has 0 spiro atoms. The summed E-state index contributed by atoms with van der Waals surface area (Å²) in [7, 11) is 1.43. The highest BCUT2D eigenvalue weighted by atomic mass is 79.9. The van der Waals surface area contributed by atoms with Crippen molar-refractivity contribution in [1.82, 2.24) is 5.32 Å². The molecule has 80 valence electrons. The first-order chi connectivity index (χ1) is 6.16. The van der Waals surface area contributed by atoms with Crippen LogP contribution in [-0.4, -0.2) is 30.0 Å². The number of rotatable bonds is 1. The van der Waals surface area contributed by atoms with Crippen molar-refractivity contribution in [3.63, 3.8) is 0 Å². The highest BCUT2D eigenvalue weighted by Gasteiger charge is 2.49. The minimum atomic E-state index is -0.542. The molecule has 14 heavy (non-hydrogen) atoms. The minimum Gasteiger partial charge on any atom is -0.468 e. The van der Waals surface area contributed by atoms with E-state index in [2.05, 4.69) is 27.3 Å². The fourth-order valence-electron chi connectivity index (χ4n) is 2.03. The molecule has 5 heteroatoms. The van der Waals surface area contributed by atoms with Gasteiger partial charge < -0.3 is 10.1 Å². The number of carbonyl (C=O) groups excluding carboxylic acids is 1. The summed E-state index contributed by atoms with van der Waals surface area (Å²) in [6, 6.07) is 0.0740. The van der Waals surface area contributed by atoms with Crippen molar-refractivity contribution in [1.29, 1.82) is 0 Å². The Balaban J connectivity index is 0.000000980. The average Bonchev–Trinajstić information content (AvgIpc) is 2.18. The lowest BCUT2D eigenvalue weighted by Crippen LogP contribution is -2.59. The van der Waals surface area contributed by atoms with Gasteiger partial charge in [0.2, 0.25) is 0 Å². The number of hydrogen-bond donors (Lipinski definition) is 1. The van der Waals surface area contributed by atoms with Gasteiger partial charge in [-0.15, -0.1) is 17.0 Å². The zero-order chi connectivity index (χ0) is 9.47. The average molecular weight is 327 g/mol. The van der Waals surface area contributed by atoms with Gasteiger partial charge in [0, 0.05) is 6.54 Å². The number of hydrogen-bond acceptors (Lipinski definition) is 3. The Bertz CT molecular complexity index is 270. The van der Waals surface area contributed by atoms with Crippen LogP contribution in [0.1, 0.15) is 6.42 Å². The number of piperidine rings is 1. The lowest BCUT2D eigenvalue weighted by molar-refractivity contribution is -0.145. The molecule has 1 aliphatic carbocycles. The Kier molecular flexibility index (Phi) is 3.77. The molecule has 0 aromatic carbocycles. The molecule has 1 fully saturated rings. The highest BCUT2D eigenvalue weighted by Crippen LogP contribution is 2.39. The van der Waals surface area contributed by atoms with Crippen LogP contribution in [0.25, 0.3) is 0 Å². The van der Waals surface area contributed by atoms with Crippen molar-refractivity contribution in [2.24, 2.45) is 5.92 Å². The molecule has 0 amide bonds. The molecular formula is C9H13Br2NO2. The van der Waals surface area contributed by atoms with E-state index in [0.717, 1.165) is 13.0 Å². The van der Waals surface area contributed by atoms with E-state index in [1.165, 1.54) is 7.11 Å². The van der Waals surface area contributed by atoms with Crippen molar-refractivity contribution < 1.29 is 9.53 Å². The fraction of sp³-hybridized carbons (Fsp3) is 0.667. The van der Waals surface area contributed by atoms with Gasteiger partial charge in [-0.05, 0) is 12.3 Å². The van der Waals surface area contributed by atoms with Crippen molar-refractivity contribution in [2.45, 2.75) is 16.8 Å². The van der Waals surface area contributed by atoms with Gasteiger partial charge in [-0.1, -0.05) is 28.1 Å². The molecule has 1 saturated heterocycles. The van der Waals surface area contributed by atoms with Crippen molar-refractivity contribution in [3.05, 3.63) is 12.2 Å². The third-order valence-corrected chi connectivity index (χ3v) is 3.89. The summed E-state index contributed by atoms with van der Waals surface area (Å²) >= 11 is 3.49. The standard InChI is InChI=1S/C9H12BrNO2.BrH/c1-13-8(12)9(10)4-6-2-3-7(9)11-5-6;/h2-3,6-7,11H,4-5H2,1H3;1H. The Labute approximate surface area is 102 Å². The molecular weight excluding hydrogens is 314 g/mol. The summed E-state index contributed by atoms with van der Waals surface area (Å²) in [6.07, 6.45) is 5.04. The fourth-order valence-corrected chi connectivity index (χ4v) is 2.92. The lowest BCUT2D eigenvalue weighted by Gasteiger charge is -2.43. The van der Waals surface area contributed by atoms with E-state index in [0.29, 0.717) is 5.92 Å². The van der Waals surface area contributed by atoms with Crippen molar-refractivity contribution in [3.8, 4) is 0 Å². The summed E-state index contributed by atoms with van der Waals surface area (Å²) in [5.41, 5.74) is 0. The molecule has 3 aliphatic rings. The van der Waals surface area contributed by atoms with Crippen LogP contribution in [0.5, 0.6) is 0 Å². The highest BCUT2D eigenvalue weighted by molar-refractivity contribution is 9.10. The van der Waals surface area contributed by atoms with E-state index in [9.17, 15) is 4.79 Å². The third-order valence-electron chi connectivity index (χ3n) is 2.75. The van der Waals surface area contributed by atoms with Crippen LogP contribution in [0.4, 0.5) is 0 Å². The van der Waals surface area contributed by atoms with Gasteiger partial charge in [0.15, 0.2) is 0 Å². The molecule has 3 atom stereocenters. The Morgan fingerprint density at radius 1 is 1.64 bits per heavy atom. The normalized spacial score (nSPS) is 39.0. The maximum Gasteiger partial charge on any atom is 0.324 e. The van der Waals surface area contributed by atoms with E-state index >= 15 is 0 Å². The SMILES string of the molecule is Br.COC(=O)C1(Br)CC2C=CC1NC2. The maximum absolute atomic E-state index is 11.5. The second-order valence-corrected chi connectivity index (χ2v) is 5.00. The zero-order valence-electron chi connectivity index (χ0n) is 7.83. The number of methoxy groups -OCH3 is 1. The summed E-state index contributed by atoms with van der Waals surface area (Å²) in [5.74, 6) is 0.266. The van der Waals surface area contributed by atoms with Gasteiger partial charge in [-0.25, -0.2) is 0 Å². The van der Waals surface area contributed by atoms with Crippen LogP contribution in [0.15, 0.2) is 12.2 Å². The van der Waals surface area contributed by atoms with E-state index < -0.39 is 4.32 Å². The molecule has 3 unspecified atom stereocenters. The second-order valence-electron chi connectivity index (χ2n) is 3.59. The summed E-state index contributed by atoms with van der Waals surface area (Å²) in [5, 5.41) is 3.29. The molecule has 3 nitrogen and oxygen atoms in total. The van der Waals surface area contributed by atoms with Crippen LogP contribution in [0.2, 0.25) is 0 Å². The van der Waals surface area contributed by atoms with Crippen LogP contribution in [0, 0.1) is 5.92 Å². The first-order valence-electron chi connectivity index (χ1n) is 4.36. The molecule has 0 radical (unpaired) electrons. The monoisotopic (exact) mass is 325 g/mol. The van der Waals surface area contributed by atoms with Crippen LogP contribution in [0.3, 0.4) is 0 Å². The number of alkyl halides is 1. The smallest absolute Gasteiger partial charge is 0.324 e. The van der Waals surface area contributed by atoms with Crippen molar-refractivity contribution >= 4 is 38.9 Å². The number of fused-ring (bicyclic) bond motifs is 2. The number of nitrogens with one attached hydrogen (secondary N) is 1. The van der Waals surface area contributed by atoms with E-state index in [-0.39, 0.29) is 29.0 Å². The largest absolute Gasteiger partial charge is 0.468 e. The number of ether oxygens (including phenoxy) is 1. The third kappa shape index (κ3) is 1.77. The number of halogens is 2. The summed E-state index contributed by atoms with van der Waals surface area (Å²) < 4.78 is 4.24. The minimum absolute atomic E-state index is 0. The van der Waals surface area contributed by atoms with Crippen LogP contribution >= 0.6 is 32.9 Å². The first kappa shape index (κ1) is 12.2. The van der Waals surface area contributed by atoms with Crippen molar-refractivity contribution in [2.75, 3.05) is 13.7 Å². The summed E-state index contributed by atoms with van der Waals surface area (Å²) in [4.78, 5) is 11.5. The van der Waals surface area contributed by atoms with Gasteiger partial charge in [0.1, 0.15) is 4.32 Å². The number of esters is 1. The Morgan fingerprint density at radius 2 is 2.36 bits per heavy atom. The lowest BCUT2D eigenvalue weighted by atomic mass is 9.79. The molecule has 0 saturated carbocycles. The zero-order valence-corrected chi connectivity index (χ0v) is 11.1. The van der Waals surface area contributed by atoms with Gasteiger partial charge in [-0.3, -0.25) is 4.79 Å². The van der Waals surface area contributed by atoms with Crippen LogP contribution < -0.4 is 5.32 Å². The number of carbonyl (C=O) groups is 1. The molecule has 0 aromatic heterocycles. The topological polar surface area (TPSA) is 38.3 Å². The Hall–Kier alpha value is 0.130. The molecule has 2 bridgehead atoms. The molecule has 3 rings (SSSR count). The predicted octanol–water partition coefficient (Wildman–Crippen LogP) is 1.42. The molecule has 0 aromatic rings. The summed E-state index contributed by atoms with van der Waals surface area (Å²) in [6.45, 7) is 0.964. The second kappa shape index (κ2) is 4.33. The van der Waals surface area contributed by atoms with Gasteiger partial charge in [-0.2, -0.15) is 0 Å².